The van der Waals surface area contributed by atoms with E-state index in [0.717, 1.165) is 12.2 Å². The van der Waals surface area contributed by atoms with Crippen molar-refractivity contribution in [2.75, 3.05) is 23.9 Å². The van der Waals surface area contributed by atoms with Crippen LogP contribution in [0.5, 0.6) is 0 Å². The van der Waals surface area contributed by atoms with E-state index >= 15 is 0 Å². The van der Waals surface area contributed by atoms with E-state index in [1.807, 2.05) is 6.26 Å². The van der Waals surface area contributed by atoms with Crippen LogP contribution in [0.4, 0.5) is 10.1 Å². The van der Waals surface area contributed by atoms with Crippen molar-refractivity contribution in [3.8, 4) is 0 Å². The fourth-order valence-corrected chi connectivity index (χ4v) is 1.74. The smallest absolute Gasteiger partial charge is 0.337 e. The average molecular weight is 243 g/mol. The minimum atomic E-state index is -1.12. The number of benzene rings is 1. The zero-order valence-corrected chi connectivity index (χ0v) is 9.81. The summed E-state index contributed by atoms with van der Waals surface area (Å²) in [6.07, 6.45) is 2.86. The molecule has 0 spiro atoms. The Morgan fingerprint density at radius 1 is 1.56 bits per heavy atom. The first-order chi connectivity index (χ1) is 7.66. The number of carbonyl (C=O) groups is 1. The van der Waals surface area contributed by atoms with E-state index in [1.165, 1.54) is 18.2 Å². The second-order valence-electron chi connectivity index (χ2n) is 3.24. The lowest BCUT2D eigenvalue weighted by molar-refractivity contribution is 0.0697. The molecule has 2 N–H and O–H groups in total. The van der Waals surface area contributed by atoms with Crippen LogP contribution in [0.15, 0.2) is 18.2 Å². The third-order valence-electron chi connectivity index (χ3n) is 2.07. The molecular weight excluding hydrogens is 229 g/mol. The predicted molar refractivity (Wildman–Crippen MR) is 64.8 cm³/mol. The summed E-state index contributed by atoms with van der Waals surface area (Å²) in [6, 6.07) is 4.04. The van der Waals surface area contributed by atoms with Crippen LogP contribution in [0.3, 0.4) is 0 Å². The van der Waals surface area contributed by atoms with E-state index in [0.29, 0.717) is 6.54 Å². The Hall–Kier alpha value is -1.23. The first-order valence-electron chi connectivity index (χ1n) is 4.91. The average Bonchev–Trinajstić information content (AvgIpc) is 2.25. The lowest BCUT2D eigenvalue weighted by Gasteiger charge is -2.09. The first-order valence-corrected chi connectivity index (χ1v) is 6.31. The molecule has 1 rings (SSSR count). The molecule has 3 nitrogen and oxygen atoms in total. The van der Waals surface area contributed by atoms with E-state index < -0.39 is 11.8 Å². The molecule has 5 heteroatoms. The number of hydrogen-bond donors (Lipinski definition) is 2. The second-order valence-corrected chi connectivity index (χ2v) is 4.23. The molecule has 1 aromatic carbocycles. The Balaban J connectivity index is 2.73. The van der Waals surface area contributed by atoms with Gasteiger partial charge in [0.05, 0.1) is 11.3 Å². The maximum absolute atomic E-state index is 13.4. The molecular formula is C11H14FNO2S. The summed E-state index contributed by atoms with van der Waals surface area (Å²) in [5.41, 5.74) is 0.0558. The quantitative estimate of drug-likeness (QED) is 0.754. The molecule has 0 atom stereocenters. The predicted octanol–water partition coefficient (Wildman–Crippen LogP) is 2.69. The molecule has 0 bridgehead atoms. The number of carboxylic acids is 1. The molecule has 0 aromatic heterocycles. The highest BCUT2D eigenvalue weighted by molar-refractivity contribution is 7.98. The van der Waals surface area contributed by atoms with Gasteiger partial charge in [-0.05, 0) is 30.6 Å². The van der Waals surface area contributed by atoms with Crippen LogP contribution in [0.2, 0.25) is 0 Å². The second kappa shape index (κ2) is 6.37. The molecule has 0 radical (unpaired) electrons. The van der Waals surface area contributed by atoms with Gasteiger partial charge in [0.25, 0.3) is 0 Å². The Labute approximate surface area is 98.1 Å². The molecule has 0 aliphatic carbocycles. The fraction of sp³-hybridized carbons (Fsp3) is 0.364. The SMILES string of the molecule is CSCCCNc1c(F)cccc1C(=O)O. The van der Waals surface area contributed by atoms with Crippen LogP contribution in [-0.4, -0.2) is 29.6 Å². The Bertz CT molecular complexity index is 371. The topological polar surface area (TPSA) is 49.3 Å². The van der Waals surface area contributed by atoms with Gasteiger partial charge in [-0.1, -0.05) is 6.07 Å². The van der Waals surface area contributed by atoms with Crippen molar-refractivity contribution in [2.45, 2.75) is 6.42 Å². The lowest BCUT2D eigenvalue weighted by Crippen LogP contribution is -2.10. The van der Waals surface area contributed by atoms with Crippen LogP contribution in [0, 0.1) is 5.82 Å². The van der Waals surface area contributed by atoms with Gasteiger partial charge in [0.2, 0.25) is 0 Å². The van der Waals surface area contributed by atoms with Gasteiger partial charge in [-0.2, -0.15) is 11.8 Å². The van der Waals surface area contributed by atoms with E-state index in [2.05, 4.69) is 5.32 Å². The summed E-state index contributed by atoms with van der Waals surface area (Å²) in [5.74, 6) is -0.681. The van der Waals surface area contributed by atoms with Crippen molar-refractivity contribution in [3.05, 3.63) is 29.6 Å². The summed E-state index contributed by atoms with van der Waals surface area (Å²) in [6.45, 7) is 0.571. The van der Waals surface area contributed by atoms with Crippen molar-refractivity contribution < 1.29 is 14.3 Å². The van der Waals surface area contributed by atoms with E-state index in [1.54, 1.807) is 11.8 Å². The van der Waals surface area contributed by atoms with Gasteiger partial charge in [-0.3, -0.25) is 0 Å². The Morgan fingerprint density at radius 3 is 2.94 bits per heavy atom. The number of aromatic carboxylic acids is 1. The first kappa shape index (κ1) is 12.8. The van der Waals surface area contributed by atoms with Crippen molar-refractivity contribution in [1.82, 2.24) is 0 Å². The number of anilines is 1. The molecule has 88 valence electrons. The van der Waals surface area contributed by atoms with Gasteiger partial charge in [0.1, 0.15) is 5.82 Å². The number of halogens is 1. The van der Waals surface area contributed by atoms with Crippen molar-refractivity contribution in [1.29, 1.82) is 0 Å². The van der Waals surface area contributed by atoms with E-state index in [9.17, 15) is 9.18 Å². The number of carboxylic acid groups (broad SMARTS) is 1. The summed E-state index contributed by atoms with van der Waals surface area (Å²) in [5, 5.41) is 11.7. The summed E-state index contributed by atoms with van der Waals surface area (Å²) in [4.78, 5) is 10.9. The number of rotatable bonds is 6. The Morgan fingerprint density at radius 2 is 2.31 bits per heavy atom. The number of thioether (sulfide) groups is 1. The summed E-state index contributed by atoms with van der Waals surface area (Å²) >= 11 is 1.70. The highest BCUT2D eigenvalue weighted by Crippen LogP contribution is 2.19. The van der Waals surface area contributed by atoms with Crippen molar-refractivity contribution in [2.24, 2.45) is 0 Å². The highest BCUT2D eigenvalue weighted by atomic mass is 32.2. The van der Waals surface area contributed by atoms with E-state index in [-0.39, 0.29) is 11.3 Å². The van der Waals surface area contributed by atoms with Gasteiger partial charge in [-0.15, -0.1) is 0 Å². The van der Waals surface area contributed by atoms with Gasteiger partial charge < -0.3 is 10.4 Å². The van der Waals surface area contributed by atoms with Crippen LogP contribution in [0.1, 0.15) is 16.8 Å². The molecule has 0 saturated carbocycles. The maximum atomic E-state index is 13.4. The van der Waals surface area contributed by atoms with Crippen LogP contribution in [0.25, 0.3) is 0 Å². The zero-order valence-electron chi connectivity index (χ0n) is 9.00. The molecule has 1 aromatic rings. The molecule has 0 amide bonds. The third-order valence-corrected chi connectivity index (χ3v) is 2.77. The number of para-hydroxylation sites is 1. The molecule has 0 heterocycles. The fourth-order valence-electron chi connectivity index (χ4n) is 1.31. The van der Waals surface area contributed by atoms with Crippen LogP contribution < -0.4 is 5.32 Å². The molecule has 0 fully saturated rings. The largest absolute Gasteiger partial charge is 0.478 e. The molecule has 16 heavy (non-hydrogen) atoms. The van der Waals surface area contributed by atoms with Gasteiger partial charge in [-0.25, -0.2) is 9.18 Å². The van der Waals surface area contributed by atoms with Gasteiger partial charge >= 0.3 is 5.97 Å². The van der Waals surface area contributed by atoms with Crippen LogP contribution in [-0.2, 0) is 0 Å². The zero-order chi connectivity index (χ0) is 12.0. The molecule has 0 aliphatic heterocycles. The van der Waals surface area contributed by atoms with Crippen LogP contribution >= 0.6 is 11.8 Å². The van der Waals surface area contributed by atoms with Gasteiger partial charge in [0, 0.05) is 6.54 Å². The molecule has 0 saturated heterocycles. The standard InChI is InChI=1S/C11H14FNO2S/c1-16-7-3-6-13-10-8(11(14)15)4-2-5-9(10)12/h2,4-5,13H,3,6-7H2,1H3,(H,14,15). The maximum Gasteiger partial charge on any atom is 0.337 e. The molecule has 0 unspecified atom stereocenters. The monoisotopic (exact) mass is 243 g/mol. The third kappa shape index (κ3) is 3.41. The Kier molecular flexibility index (Phi) is 5.11. The summed E-state index contributed by atoms with van der Waals surface area (Å²) < 4.78 is 13.4. The molecule has 0 aliphatic rings. The number of hydrogen-bond acceptors (Lipinski definition) is 3. The minimum Gasteiger partial charge on any atom is -0.478 e. The minimum absolute atomic E-state index is 0.0239. The van der Waals surface area contributed by atoms with Crippen molar-refractivity contribution >= 4 is 23.4 Å². The lowest BCUT2D eigenvalue weighted by atomic mass is 10.1. The van der Waals surface area contributed by atoms with Gasteiger partial charge in [0.15, 0.2) is 0 Å². The summed E-state index contributed by atoms with van der Waals surface area (Å²) in [7, 11) is 0. The number of nitrogens with one attached hydrogen (secondary N) is 1. The van der Waals surface area contributed by atoms with E-state index in [4.69, 9.17) is 5.11 Å². The normalized spacial score (nSPS) is 10.1. The van der Waals surface area contributed by atoms with Crippen molar-refractivity contribution in [3.63, 3.8) is 0 Å². The highest BCUT2D eigenvalue weighted by Gasteiger charge is 2.13.